The van der Waals surface area contributed by atoms with E-state index in [2.05, 4.69) is 20.9 Å². The maximum Gasteiger partial charge on any atom is 0.229 e. The highest BCUT2D eigenvalue weighted by Gasteiger charge is 2.44. The van der Waals surface area contributed by atoms with Crippen LogP contribution in [0.15, 0.2) is 22.8 Å². The number of fused-ring (bicyclic) bond motifs is 1. The largest absolute Gasteiger partial charge is 0.460 e. The van der Waals surface area contributed by atoms with Crippen molar-refractivity contribution in [2.75, 3.05) is 6.61 Å². The maximum atomic E-state index is 10.0. The van der Waals surface area contributed by atoms with Crippen LogP contribution in [-0.4, -0.2) is 62.7 Å². The van der Waals surface area contributed by atoms with E-state index in [1.165, 1.54) is 0 Å². The molecule has 2 aromatic rings. The molecule has 0 radical (unpaired) electrons. The highest BCUT2D eigenvalue weighted by atomic mass is 79.9. The fourth-order valence-corrected chi connectivity index (χ4v) is 2.99. The summed E-state index contributed by atoms with van der Waals surface area (Å²) in [5.74, 6) is 0.377. The minimum absolute atomic E-state index is 0.377. The number of rotatable bonds is 3. The van der Waals surface area contributed by atoms with Crippen LogP contribution < -0.4 is 4.74 Å². The van der Waals surface area contributed by atoms with Gasteiger partial charge in [-0.25, -0.2) is 0 Å². The molecule has 5 N–H and O–H groups in total. The second-order valence-electron chi connectivity index (χ2n) is 5.28. The highest BCUT2D eigenvalue weighted by molar-refractivity contribution is 9.10. The van der Waals surface area contributed by atoms with Crippen molar-refractivity contribution in [3.63, 3.8) is 0 Å². The van der Waals surface area contributed by atoms with Crippen LogP contribution in [0, 0.1) is 0 Å². The van der Waals surface area contributed by atoms with E-state index in [0.717, 1.165) is 5.52 Å². The van der Waals surface area contributed by atoms with Gasteiger partial charge >= 0.3 is 0 Å². The van der Waals surface area contributed by atoms with Gasteiger partial charge < -0.3 is 34.9 Å². The van der Waals surface area contributed by atoms with Crippen molar-refractivity contribution in [2.45, 2.75) is 30.7 Å². The summed E-state index contributed by atoms with van der Waals surface area (Å²) < 4.78 is 11.6. The lowest BCUT2D eigenvalue weighted by Crippen LogP contribution is -2.60. The monoisotopic (exact) mass is 407 g/mol. The first kappa shape index (κ1) is 17.0. The number of aliphatic hydroxyl groups excluding tert-OH is 4. The predicted molar refractivity (Wildman–Crippen MR) is 85.4 cm³/mol. The SMILES string of the molecule is OCC1O[C@@H](Oc2c[nH]c3cc(Cl)c(Br)cc23)[C@@H](O)[C@@H](O)[C@H]1O. The topological polar surface area (TPSA) is 115 Å². The van der Waals surface area contributed by atoms with Gasteiger partial charge in [-0.1, -0.05) is 11.6 Å². The first-order valence-electron chi connectivity index (χ1n) is 6.85. The maximum absolute atomic E-state index is 10.0. The second-order valence-corrected chi connectivity index (χ2v) is 6.54. The van der Waals surface area contributed by atoms with Crippen LogP contribution in [0.25, 0.3) is 10.9 Å². The Hall–Kier alpha value is -0.870. The molecule has 1 unspecified atom stereocenters. The van der Waals surface area contributed by atoms with Crippen LogP contribution in [0.4, 0.5) is 0 Å². The molecular formula is C14H15BrClNO6. The first-order chi connectivity index (χ1) is 10.9. The molecule has 0 saturated carbocycles. The zero-order valence-electron chi connectivity index (χ0n) is 11.7. The summed E-state index contributed by atoms with van der Waals surface area (Å²) in [7, 11) is 0. The number of hydrogen-bond donors (Lipinski definition) is 5. The van der Waals surface area contributed by atoms with Crippen molar-refractivity contribution >= 4 is 38.4 Å². The molecule has 23 heavy (non-hydrogen) atoms. The van der Waals surface area contributed by atoms with E-state index in [-0.39, 0.29) is 0 Å². The van der Waals surface area contributed by atoms with Gasteiger partial charge in [0.2, 0.25) is 6.29 Å². The van der Waals surface area contributed by atoms with Crippen LogP contribution in [0.1, 0.15) is 0 Å². The molecule has 1 aromatic carbocycles. The van der Waals surface area contributed by atoms with E-state index in [0.29, 0.717) is 20.6 Å². The molecule has 1 fully saturated rings. The van der Waals surface area contributed by atoms with Gasteiger partial charge in [-0.3, -0.25) is 0 Å². The zero-order valence-corrected chi connectivity index (χ0v) is 14.0. The number of aromatic nitrogens is 1. The Morgan fingerprint density at radius 3 is 2.65 bits per heavy atom. The summed E-state index contributed by atoms with van der Waals surface area (Å²) in [6.45, 7) is -0.514. The molecule has 9 heteroatoms. The van der Waals surface area contributed by atoms with Gasteiger partial charge in [-0.2, -0.15) is 0 Å². The van der Waals surface area contributed by atoms with E-state index >= 15 is 0 Å². The lowest BCUT2D eigenvalue weighted by atomic mass is 9.99. The molecule has 0 bridgehead atoms. The standard InChI is InChI=1S/C14H15BrClNO6/c15-6-1-5-8(2-7(6)16)17-3-9(5)22-14-13(21)12(20)11(19)10(4-18)23-14/h1-3,10-14,17-21H,4H2/t10?,11-,12-,13-,14+/m0/s1. The van der Waals surface area contributed by atoms with Crippen molar-refractivity contribution in [3.05, 3.63) is 27.8 Å². The normalized spacial score (nSPS) is 31.5. The number of hydrogen-bond acceptors (Lipinski definition) is 6. The third kappa shape index (κ3) is 3.08. The van der Waals surface area contributed by atoms with Crippen LogP contribution >= 0.6 is 27.5 Å². The lowest BCUT2D eigenvalue weighted by Gasteiger charge is -2.39. The third-order valence-electron chi connectivity index (χ3n) is 3.78. The van der Waals surface area contributed by atoms with Gasteiger partial charge in [0.1, 0.15) is 30.2 Å². The molecule has 0 spiro atoms. The molecule has 7 nitrogen and oxygen atoms in total. The Morgan fingerprint density at radius 2 is 1.96 bits per heavy atom. The number of ether oxygens (including phenoxy) is 2. The highest BCUT2D eigenvalue weighted by Crippen LogP contribution is 2.34. The van der Waals surface area contributed by atoms with Crippen molar-refractivity contribution < 1.29 is 29.9 Å². The van der Waals surface area contributed by atoms with Crippen molar-refractivity contribution in [3.8, 4) is 5.75 Å². The van der Waals surface area contributed by atoms with E-state index in [9.17, 15) is 20.4 Å². The summed E-state index contributed by atoms with van der Waals surface area (Å²) in [4.78, 5) is 2.98. The molecule has 1 aliphatic heterocycles. The Bertz CT molecular complexity index is 708. The predicted octanol–water partition coefficient (Wildman–Crippen LogP) is 0.762. The van der Waals surface area contributed by atoms with E-state index in [1.807, 2.05) is 0 Å². The third-order valence-corrected chi connectivity index (χ3v) is 4.97. The number of aromatic amines is 1. The molecule has 1 saturated heterocycles. The Labute approximate surface area is 144 Å². The lowest BCUT2D eigenvalue weighted by molar-refractivity contribution is -0.277. The van der Waals surface area contributed by atoms with Crippen molar-refractivity contribution in [1.29, 1.82) is 0 Å². The quantitative estimate of drug-likeness (QED) is 0.512. The van der Waals surface area contributed by atoms with E-state index < -0.39 is 37.3 Å². The van der Waals surface area contributed by atoms with Gasteiger partial charge in [0.25, 0.3) is 0 Å². The average Bonchev–Trinajstić information content (AvgIpc) is 2.90. The fourth-order valence-electron chi connectivity index (χ4n) is 2.48. The van der Waals surface area contributed by atoms with Gasteiger partial charge in [-0.15, -0.1) is 0 Å². The summed E-state index contributed by atoms with van der Waals surface area (Å²) >= 11 is 9.35. The van der Waals surface area contributed by atoms with Gasteiger partial charge in [0, 0.05) is 16.1 Å². The van der Waals surface area contributed by atoms with Crippen molar-refractivity contribution in [2.24, 2.45) is 0 Å². The molecule has 0 aliphatic carbocycles. The number of halogens is 2. The Kier molecular flexibility index (Phi) is 4.84. The molecule has 0 amide bonds. The molecule has 1 aromatic heterocycles. The minimum atomic E-state index is -1.49. The molecule has 126 valence electrons. The number of aliphatic hydroxyl groups is 4. The molecule has 2 heterocycles. The van der Waals surface area contributed by atoms with Gasteiger partial charge in [0.05, 0.1) is 17.1 Å². The van der Waals surface area contributed by atoms with Gasteiger partial charge in [0.15, 0.2) is 0 Å². The van der Waals surface area contributed by atoms with Crippen LogP contribution in [0.3, 0.4) is 0 Å². The van der Waals surface area contributed by atoms with Crippen LogP contribution in [0.5, 0.6) is 5.75 Å². The smallest absolute Gasteiger partial charge is 0.229 e. The number of nitrogens with one attached hydrogen (secondary N) is 1. The molecule has 3 rings (SSSR count). The molecular weight excluding hydrogens is 394 g/mol. The van der Waals surface area contributed by atoms with Crippen LogP contribution in [-0.2, 0) is 4.74 Å². The summed E-state index contributed by atoms with van der Waals surface area (Å²) in [6, 6.07) is 3.45. The molecule has 5 atom stereocenters. The summed E-state index contributed by atoms with van der Waals surface area (Å²) in [6.07, 6.45) is -5.07. The minimum Gasteiger partial charge on any atom is -0.460 e. The van der Waals surface area contributed by atoms with Crippen LogP contribution in [0.2, 0.25) is 5.02 Å². The average molecular weight is 409 g/mol. The molecule has 1 aliphatic rings. The van der Waals surface area contributed by atoms with Crippen molar-refractivity contribution in [1.82, 2.24) is 4.98 Å². The Balaban J connectivity index is 1.88. The zero-order chi connectivity index (χ0) is 16.7. The summed E-state index contributed by atoms with van der Waals surface area (Å²) in [5.41, 5.74) is 0.720. The van der Waals surface area contributed by atoms with E-state index in [1.54, 1.807) is 18.3 Å². The number of H-pyrrole nitrogens is 1. The van der Waals surface area contributed by atoms with Gasteiger partial charge in [-0.05, 0) is 28.1 Å². The first-order valence-corrected chi connectivity index (χ1v) is 8.02. The van der Waals surface area contributed by atoms with E-state index in [4.69, 9.17) is 21.1 Å². The summed E-state index contributed by atoms with van der Waals surface area (Å²) in [5, 5.41) is 40.0. The second kappa shape index (κ2) is 6.56. The number of benzene rings is 1. The Morgan fingerprint density at radius 1 is 1.22 bits per heavy atom. The fraction of sp³-hybridized carbons (Fsp3) is 0.429.